The van der Waals surface area contributed by atoms with Crippen LogP contribution in [0.4, 0.5) is 10.1 Å². The predicted molar refractivity (Wildman–Crippen MR) is 54.5 cm³/mol. The zero-order valence-electron chi connectivity index (χ0n) is 8.40. The Labute approximate surface area is 87.3 Å². The molecular weight excluding hydrogens is 201 g/mol. The third kappa shape index (κ3) is 3.38. The average Bonchev–Trinajstić information content (AvgIpc) is 2.27. The van der Waals surface area contributed by atoms with Crippen LogP contribution < -0.4 is 10.1 Å². The van der Waals surface area contributed by atoms with Gasteiger partial charge in [0, 0.05) is 12.6 Å². The molecule has 4 nitrogen and oxygen atoms in total. The molecule has 84 valence electrons. The Hall–Kier alpha value is -1.33. The monoisotopic (exact) mass is 215 g/mol. The van der Waals surface area contributed by atoms with Crippen molar-refractivity contribution in [1.82, 2.24) is 0 Å². The van der Waals surface area contributed by atoms with Gasteiger partial charge in [-0.15, -0.1) is 0 Å². The van der Waals surface area contributed by atoms with Gasteiger partial charge >= 0.3 is 0 Å². The molecule has 0 saturated heterocycles. The summed E-state index contributed by atoms with van der Waals surface area (Å²) < 4.78 is 18.1. The third-order valence-corrected chi connectivity index (χ3v) is 1.91. The van der Waals surface area contributed by atoms with Crippen molar-refractivity contribution in [2.45, 2.75) is 6.10 Å². The lowest BCUT2D eigenvalue weighted by Crippen LogP contribution is -2.23. The summed E-state index contributed by atoms with van der Waals surface area (Å²) in [6, 6.07) is 4.26. The third-order valence-electron chi connectivity index (χ3n) is 1.91. The van der Waals surface area contributed by atoms with Gasteiger partial charge in [0.1, 0.15) is 11.6 Å². The van der Waals surface area contributed by atoms with Gasteiger partial charge in [-0.25, -0.2) is 4.39 Å². The number of rotatable bonds is 5. The summed E-state index contributed by atoms with van der Waals surface area (Å²) in [4.78, 5) is 0. The number of hydrogen-bond acceptors (Lipinski definition) is 4. The van der Waals surface area contributed by atoms with Crippen LogP contribution in [0.1, 0.15) is 0 Å². The highest BCUT2D eigenvalue weighted by atomic mass is 19.1. The second kappa shape index (κ2) is 5.53. The number of hydrogen-bond donors (Lipinski definition) is 3. The van der Waals surface area contributed by atoms with E-state index in [1.54, 1.807) is 0 Å². The van der Waals surface area contributed by atoms with Gasteiger partial charge in [0.15, 0.2) is 0 Å². The van der Waals surface area contributed by atoms with E-state index in [0.29, 0.717) is 5.75 Å². The van der Waals surface area contributed by atoms with Crippen molar-refractivity contribution in [2.75, 3.05) is 25.6 Å². The number of methoxy groups -OCH3 is 1. The molecule has 5 heteroatoms. The molecule has 1 aromatic rings. The van der Waals surface area contributed by atoms with Crippen LogP contribution in [0.5, 0.6) is 5.75 Å². The van der Waals surface area contributed by atoms with Gasteiger partial charge in [-0.05, 0) is 12.1 Å². The first-order valence-corrected chi connectivity index (χ1v) is 4.53. The molecule has 0 bridgehead atoms. The summed E-state index contributed by atoms with van der Waals surface area (Å²) in [6.45, 7) is -0.279. The van der Waals surface area contributed by atoms with Gasteiger partial charge < -0.3 is 20.3 Å². The van der Waals surface area contributed by atoms with E-state index < -0.39 is 11.9 Å². The molecule has 1 aromatic carbocycles. The van der Waals surface area contributed by atoms with Crippen molar-refractivity contribution in [3.63, 3.8) is 0 Å². The van der Waals surface area contributed by atoms with Gasteiger partial charge in [-0.1, -0.05) is 0 Å². The van der Waals surface area contributed by atoms with E-state index in [4.69, 9.17) is 14.9 Å². The SMILES string of the molecule is COc1ccc(F)c(NCC(O)CO)c1. The Bertz CT molecular complexity index is 320. The maximum absolute atomic E-state index is 13.2. The van der Waals surface area contributed by atoms with Crippen LogP contribution >= 0.6 is 0 Å². The first-order valence-electron chi connectivity index (χ1n) is 4.53. The largest absolute Gasteiger partial charge is 0.497 e. The molecule has 0 saturated carbocycles. The lowest BCUT2D eigenvalue weighted by Gasteiger charge is -2.11. The van der Waals surface area contributed by atoms with Crippen LogP contribution in [0.25, 0.3) is 0 Å². The lowest BCUT2D eigenvalue weighted by atomic mass is 10.2. The lowest BCUT2D eigenvalue weighted by molar-refractivity contribution is 0.105. The molecule has 15 heavy (non-hydrogen) atoms. The number of halogens is 1. The van der Waals surface area contributed by atoms with E-state index in [0.717, 1.165) is 0 Å². The van der Waals surface area contributed by atoms with Crippen molar-refractivity contribution in [2.24, 2.45) is 0 Å². The molecule has 1 rings (SSSR count). The molecule has 0 aromatic heterocycles. The molecule has 0 spiro atoms. The molecule has 0 aliphatic carbocycles. The first-order chi connectivity index (χ1) is 7.17. The molecule has 0 aliphatic heterocycles. The minimum Gasteiger partial charge on any atom is -0.497 e. The number of benzene rings is 1. The molecular formula is C10H14FNO3. The number of aliphatic hydroxyl groups excluding tert-OH is 2. The molecule has 0 radical (unpaired) electrons. The van der Waals surface area contributed by atoms with E-state index >= 15 is 0 Å². The van der Waals surface area contributed by atoms with Crippen molar-refractivity contribution in [1.29, 1.82) is 0 Å². The van der Waals surface area contributed by atoms with Crippen molar-refractivity contribution >= 4 is 5.69 Å². The number of aliphatic hydroxyl groups is 2. The summed E-state index contributed by atoms with van der Waals surface area (Å²) in [6.07, 6.45) is -0.907. The summed E-state index contributed by atoms with van der Waals surface area (Å²) >= 11 is 0. The molecule has 1 unspecified atom stereocenters. The summed E-state index contributed by atoms with van der Waals surface area (Å²) in [7, 11) is 1.49. The maximum Gasteiger partial charge on any atom is 0.146 e. The zero-order chi connectivity index (χ0) is 11.3. The van der Waals surface area contributed by atoms with Crippen molar-refractivity contribution in [3.8, 4) is 5.75 Å². The van der Waals surface area contributed by atoms with Gasteiger partial charge in [-0.3, -0.25) is 0 Å². The highest BCUT2D eigenvalue weighted by molar-refractivity contribution is 5.49. The second-order valence-corrected chi connectivity index (χ2v) is 3.06. The van der Waals surface area contributed by atoms with Crippen LogP contribution in [0.3, 0.4) is 0 Å². The average molecular weight is 215 g/mol. The fourth-order valence-electron chi connectivity index (χ4n) is 1.06. The Balaban J connectivity index is 2.66. The standard InChI is InChI=1S/C10H14FNO3/c1-15-8-2-3-9(11)10(4-8)12-5-7(14)6-13/h2-4,7,12-14H,5-6H2,1H3. The smallest absolute Gasteiger partial charge is 0.146 e. The van der Waals surface area contributed by atoms with E-state index in [1.165, 1.54) is 25.3 Å². The normalized spacial score (nSPS) is 12.3. The van der Waals surface area contributed by atoms with Gasteiger partial charge in [0.25, 0.3) is 0 Å². The maximum atomic E-state index is 13.2. The Morgan fingerprint density at radius 1 is 1.53 bits per heavy atom. The summed E-state index contributed by atoms with van der Waals surface area (Å²) in [5.74, 6) is 0.0957. The number of nitrogens with one attached hydrogen (secondary N) is 1. The van der Waals surface area contributed by atoms with Crippen LogP contribution in [0.15, 0.2) is 18.2 Å². The van der Waals surface area contributed by atoms with Gasteiger partial charge in [0.2, 0.25) is 0 Å². The first kappa shape index (κ1) is 11.7. The molecule has 0 aliphatic rings. The summed E-state index contributed by atoms with van der Waals surface area (Å²) in [5, 5.41) is 20.3. The van der Waals surface area contributed by atoms with Crippen molar-refractivity contribution < 1.29 is 19.3 Å². The molecule has 0 amide bonds. The highest BCUT2D eigenvalue weighted by Gasteiger charge is 2.06. The Morgan fingerprint density at radius 2 is 2.27 bits per heavy atom. The van der Waals surface area contributed by atoms with Crippen LogP contribution in [0, 0.1) is 5.82 Å². The highest BCUT2D eigenvalue weighted by Crippen LogP contribution is 2.20. The van der Waals surface area contributed by atoms with Crippen molar-refractivity contribution in [3.05, 3.63) is 24.0 Å². The topological polar surface area (TPSA) is 61.7 Å². The van der Waals surface area contributed by atoms with E-state index in [2.05, 4.69) is 5.32 Å². The van der Waals surface area contributed by atoms with Crippen LogP contribution in [-0.2, 0) is 0 Å². The number of ether oxygens (including phenoxy) is 1. The predicted octanol–water partition coefficient (Wildman–Crippen LogP) is 0.599. The van der Waals surface area contributed by atoms with Gasteiger partial charge in [-0.2, -0.15) is 0 Å². The van der Waals surface area contributed by atoms with E-state index in [-0.39, 0.29) is 18.8 Å². The Morgan fingerprint density at radius 3 is 2.87 bits per heavy atom. The fraction of sp³-hybridized carbons (Fsp3) is 0.400. The summed E-state index contributed by atoms with van der Waals surface area (Å²) in [5.41, 5.74) is 0.238. The van der Waals surface area contributed by atoms with Gasteiger partial charge in [0.05, 0.1) is 25.5 Å². The quantitative estimate of drug-likeness (QED) is 0.673. The van der Waals surface area contributed by atoms with E-state index in [1.807, 2.05) is 0 Å². The molecule has 0 heterocycles. The molecule has 1 atom stereocenters. The molecule has 3 N–H and O–H groups in total. The Kier molecular flexibility index (Phi) is 4.33. The molecule has 0 fully saturated rings. The minimum atomic E-state index is -0.907. The van der Waals surface area contributed by atoms with E-state index in [9.17, 15) is 4.39 Å². The van der Waals surface area contributed by atoms with Crippen LogP contribution in [-0.4, -0.2) is 36.6 Å². The fourth-order valence-corrected chi connectivity index (χ4v) is 1.06. The second-order valence-electron chi connectivity index (χ2n) is 3.06. The minimum absolute atomic E-state index is 0.0839. The van der Waals surface area contributed by atoms with Crippen LogP contribution in [0.2, 0.25) is 0 Å². The zero-order valence-corrected chi connectivity index (χ0v) is 8.40. The number of anilines is 1.